The second-order valence-corrected chi connectivity index (χ2v) is 8.63. The van der Waals surface area contributed by atoms with Gasteiger partial charge in [0, 0.05) is 17.3 Å². The third-order valence-electron chi connectivity index (χ3n) is 5.91. The summed E-state index contributed by atoms with van der Waals surface area (Å²) in [6.45, 7) is 6.26. The predicted octanol–water partition coefficient (Wildman–Crippen LogP) is 5.98. The number of hydrogen-bond acceptors (Lipinski definition) is 3. The molecule has 1 aliphatic rings. The summed E-state index contributed by atoms with van der Waals surface area (Å²) in [5.74, 6) is 0.764. The fourth-order valence-corrected chi connectivity index (χ4v) is 3.97. The lowest BCUT2D eigenvalue weighted by Gasteiger charge is -2.11. The Hall–Kier alpha value is -3.47. The third kappa shape index (κ3) is 3.72. The number of hydrogen-bond donors (Lipinski definition) is 1. The van der Waals surface area contributed by atoms with Crippen LogP contribution in [0, 0.1) is 6.92 Å². The number of pyridine rings is 1. The van der Waals surface area contributed by atoms with Crippen LogP contribution >= 0.6 is 0 Å². The molecule has 1 aliphatic carbocycles. The van der Waals surface area contributed by atoms with Gasteiger partial charge in [0.25, 0.3) is 5.91 Å². The highest BCUT2D eigenvalue weighted by Crippen LogP contribution is 2.40. The maximum atomic E-state index is 13.4. The minimum Gasteiger partial charge on any atom is -0.322 e. The van der Waals surface area contributed by atoms with Gasteiger partial charge in [0.2, 0.25) is 0 Å². The van der Waals surface area contributed by atoms with Crippen LogP contribution in [0.3, 0.4) is 0 Å². The largest absolute Gasteiger partial charge is 0.322 e. The SMILES string of the molecule is Cc1nn(-c2ccccc2)c2nc(C3CC3)cc(C(=O)Nc3ccc(C(C)C)cc3)c12. The van der Waals surface area contributed by atoms with Crippen LogP contribution in [0.4, 0.5) is 5.69 Å². The third-order valence-corrected chi connectivity index (χ3v) is 5.91. The number of carbonyl (C=O) groups is 1. The molecule has 1 fully saturated rings. The zero-order valence-electron chi connectivity index (χ0n) is 18.1. The Labute approximate surface area is 182 Å². The van der Waals surface area contributed by atoms with E-state index in [0.29, 0.717) is 17.4 Å². The van der Waals surface area contributed by atoms with Crippen molar-refractivity contribution in [3.8, 4) is 5.69 Å². The molecule has 1 saturated carbocycles. The maximum Gasteiger partial charge on any atom is 0.256 e. The van der Waals surface area contributed by atoms with Gasteiger partial charge >= 0.3 is 0 Å². The number of nitrogens with one attached hydrogen (secondary N) is 1. The van der Waals surface area contributed by atoms with Crippen molar-refractivity contribution in [1.29, 1.82) is 0 Å². The molecule has 4 aromatic rings. The van der Waals surface area contributed by atoms with E-state index >= 15 is 0 Å². The molecule has 2 aromatic carbocycles. The van der Waals surface area contributed by atoms with Gasteiger partial charge in [0.15, 0.2) is 5.65 Å². The van der Waals surface area contributed by atoms with E-state index in [1.807, 2.05) is 60.1 Å². The lowest BCUT2D eigenvalue weighted by atomic mass is 10.0. The molecule has 0 radical (unpaired) electrons. The van der Waals surface area contributed by atoms with Crippen molar-refractivity contribution in [2.24, 2.45) is 0 Å². The van der Waals surface area contributed by atoms with Crippen molar-refractivity contribution in [3.05, 3.63) is 83.2 Å². The fourth-order valence-electron chi connectivity index (χ4n) is 3.97. The standard InChI is InChI=1S/C26H26N4O/c1-16(2)18-11-13-20(14-12-18)27-26(31)22-15-23(19-9-10-19)28-25-24(22)17(3)29-30(25)21-7-5-4-6-8-21/h4-8,11-16,19H,9-10H2,1-3H3,(H,27,31). The van der Waals surface area contributed by atoms with Crippen LogP contribution in [0.15, 0.2) is 60.7 Å². The van der Waals surface area contributed by atoms with Crippen LogP contribution in [-0.2, 0) is 0 Å². The normalized spacial score (nSPS) is 13.7. The average molecular weight is 411 g/mol. The predicted molar refractivity (Wildman–Crippen MR) is 124 cm³/mol. The van der Waals surface area contributed by atoms with Gasteiger partial charge in [0.05, 0.1) is 22.3 Å². The van der Waals surface area contributed by atoms with Crippen molar-refractivity contribution in [1.82, 2.24) is 14.8 Å². The van der Waals surface area contributed by atoms with Gasteiger partial charge in [-0.2, -0.15) is 5.10 Å². The number of anilines is 1. The minimum absolute atomic E-state index is 0.123. The van der Waals surface area contributed by atoms with Gasteiger partial charge in [-0.15, -0.1) is 0 Å². The second-order valence-electron chi connectivity index (χ2n) is 8.63. The van der Waals surface area contributed by atoms with Gasteiger partial charge < -0.3 is 5.32 Å². The Morgan fingerprint density at radius 1 is 1.06 bits per heavy atom. The Morgan fingerprint density at radius 3 is 2.42 bits per heavy atom. The molecule has 0 spiro atoms. The number of para-hydroxylation sites is 1. The zero-order valence-corrected chi connectivity index (χ0v) is 18.1. The molecule has 31 heavy (non-hydrogen) atoms. The summed E-state index contributed by atoms with van der Waals surface area (Å²) in [4.78, 5) is 18.3. The van der Waals surface area contributed by atoms with Gasteiger partial charge in [-0.25, -0.2) is 9.67 Å². The van der Waals surface area contributed by atoms with Gasteiger partial charge in [-0.1, -0.05) is 44.2 Å². The number of aromatic nitrogens is 3. The van der Waals surface area contributed by atoms with E-state index in [0.717, 1.165) is 46.6 Å². The Kier molecular flexibility index (Phi) is 4.81. The molecule has 1 N–H and O–H groups in total. The summed E-state index contributed by atoms with van der Waals surface area (Å²) in [6.07, 6.45) is 2.24. The number of aryl methyl sites for hydroxylation is 1. The van der Waals surface area contributed by atoms with Gasteiger partial charge in [0.1, 0.15) is 0 Å². The average Bonchev–Trinajstić information content (AvgIpc) is 3.58. The lowest BCUT2D eigenvalue weighted by molar-refractivity contribution is 0.102. The molecule has 5 rings (SSSR count). The molecule has 156 valence electrons. The minimum atomic E-state index is -0.123. The summed E-state index contributed by atoms with van der Waals surface area (Å²) in [6, 6.07) is 20.0. The van der Waals surface area contributed by atoms with Crippen molar-refractivity contribution >= 4 is 22.6 Å². The van der Waals surface area contributed by atoms with E-state index in [9.17, 15) is 4.79 Å². The molecule has 0 unspecified atom stereocenters. The molecular formula is C26H26N4O. The molecule has 0 bridgehead atoms. The van der Waals surface area contributed by atoms with Crippen molar-refractivity contribution < 1.29 is 4.79 Å². The van der Waals surface area contributed by atoms with E-state index in [4.69, 9.17) is 10.1 Å². The molecule has 0 aliphatic heterocycles. The second kappa shape index (κ2) is 7.65. The van der Waals surface area contributed by atoms with Crippen LogP contribution in [-0.4, -0.2) is 20.7 Å². The Bertz CT molecular complexity index is 1250. The van der Waals surface area contributed by atoms with E-state index in [1.165, 1.54) is 5.56 Å². The molecule has 1 amide bonds. The first kappa shape index (κ1) is 19.5. The molecule has 2 heterocycles. The first-order chi connectivity index (χ1) is 15.0. The molecular weight excluding hydrogens is 384 g/mol. The number of fused-ring (bicyclic) bond motifs is 1. The Balaban J connectivity index is 1.59. The first-order valence-electron chi connectivity index (χ1n) is 10.9. The molecule has 5 heteroatoms. The molecule has 0 saturated heterocycles. The quantitative estimate of drug-likeness (QED) is 0.440. The highest BCUT2D eigenvalue weighted by Gasteiger charge is 2.29. The van der Waals surface area contributed by atoms with Crippen molar-refractivity contribution in [2.75, 3.05) is 5.32 Å². The zero-order chi connectivity index (χ0) is 21.5. The van der Waals surface area contributed by atoms with Crippen molar-refractivity contribution in [2.45, 2.75) is 45.4 Å². The molecule has 2 aromatic heterocycles. The number of amides is 1. The number of nitrogens with zero attached hydrogens (tertiary/aromatic N) is 3. The summed E-state index contributed by atoms with van der Waals surface area (Å²) >= 11 is 0. The first-order valence-corrected chi connectivity index (χ1v) is 10.9. The van der Waals surface area contributed by atoms with Crippen LogP contribution < -0.4 is 5.32 Å². The van der Waals surface area contributed by atoms with Gasteiger partial charge in [-0.3, -0.25) is 4.79 Å². The van der Waals surface area contributed by atoms with Crippen LogP contribution in [0.1, 0.15) is 65.8 Å². The maximum absolute atomic E-state index is 13.4. The van der Waals surface area contributed by atoms with E-state index in [1.54, 1.807) is 0 Å². The van der Waals surface area contributed by atoms with E-state index < -0.39 is 0 Å². The lowest BCUT2D eigenvalue weighted by Crippen LogP contribution is -2.14. The fraction of sp³-hybridized carbons (Fsp3) is 0.269. The monoisotopic (exact) mass is 410 g/mol. The number of benzene rings is 2. The Morgan fingerprint density at radius 2 is 1.77 bits per heavy atom. The smallest absolute Gasteiger partial charge is 0.256 e. The summed E-state index contributed by atoms with van der Waals surface area (Å²) in [7, 11) is 0. The van der Waals surface area contributed by atoms with E-state index in [2.05, 4.69) is 31.3 Å². The van der Waals surface area contributed by atoms with Crippen LogP contribution in [0.25, 0.3) is 16.7 Å². The van der Waals surface area contributed by atoms with Crippen LogP contribution in [0.2, 0.25) is 0 Å². The van der Waals surface area contributed by atoms with Crippen LogP contribution in [0.5, 0.6) is 0 Å². The van der Waals surface area contributed by atoms with E-state index in [-0.39, 0.29) is 5.91 Å². The van der Waals surface area contributed by atoms with Crippen molar-refractivity contribution in [3.63, 3.8) is 0 Å². The highest BCUT2D eigenvalue weighted by atomic mass is 16.1. The molecule has 0 atom stereocenters. The number of rotatable bonds is 5. The number of carbonyl (C=O) groups excluding carboxylic acids is 1. The highest BCUT2D eigenvalue weighted by molar-refractivity contribution is 6.12. The summed E-state index contributed by atoms with van der Waals surface area (Å²) < 4.78 is 1.85. The summed E-state index contributed by atoms with van der Waals surface area (Å²) in [5, 5.41) is 8.62. The molecule has 5 nitrogen and oxygen atoms in total. The topological polar surface area (TPSA) is 59.8 Å². The summed E-state index contributed by atoms with van der Waals surface area (Å²) in [5.41, 5.74) is 6.14. The van der Waals surface area contributed by atoms with Gasteiger partial charge in [-0.05, 0) is 61.6 Å².